The quantitative estimate of drug-likeness (QED) is 0.239. The molecule has 2 unspecified atom stereocenters. The van der Waals surface area contributed by atoms with Gasteiger partial charge in [0.05, 0.1) is 7.11 Å². The van der Waals surface area contributed by atoms with Crippen LogP contribution in [-0.4, -0.2) is 58.0 Å². The van der Waals surface area contributed by atoms with Gasteiger partial charge in [-0.15, -0.1) is 0 Å². The van der Waals surface area contributed by atoms with Gasteiger partial charge in [0.1, 0.15) is 23.6 Å². The van der Waals surface area contributed by atoms with Crippen LogP contribution in [0.5, 0.6) is 11.5 Å². The third kappa shape index (κ3) is 6.86. The molecule has 0 aliphatic heterocycles. The average molecular weight is 458 g/mol. The maximum atomic E-state index is 12.8. The van der Waals surface area contributed by atoms with E-state index < -0.39 is 35.6 Å². The fourth-order valence-corrected chi connectivity index (χ4v) is 3.30. The van der Waals surface area contributed by atoms with Crippen molar-refractivity contribution < 1.29 is 39.2 Å². The molecule has 0 heterocycles. The van der Waals surface area contributed by atoms with Crippen LogP contribution >= 0.6 is 0 Å². The number of ketones is 2. The highest BCUT2D eigenvalue weighted by molar-refractivity contribution is 6.04. The van der Waals surface area contributed by atoms with E-state index in [1.807, 2.05) is 0 Å². The lowest BCUT2D eigenvalue weighted by Crippen LogP contribution is -2.34. The maximum Gasteiger partial charge on any atom is 0.322 e. The van der Waals surface area contributed by atoms with E-state index in [4.69, 9.17) is 16.6 Å². The summed E-state index contributed by atoms with van der Waals surface area (Å²) in [7, 11) is 1.19. The lowest BCUT2D eigenvalue weighted by Gasteiger charge is -2.14. The van der Waals surface area contributed by atoms with E-state index in [2.05, 4.69) is 4.74 Å². The van der Waals surface area contributed by atoms with Crippen LogP contribution in [0.2, 0.25) is 0 Å². The SMILES string of the molecule is COC(=O)C(N)Cc1ccc(O)cc1C(=O)CCC(=O)c1cc(O)ccc1CC(N)C(=O)O. The Balaban J connectivity index is 2.19. The largest absolute Gasteiger partial charge is 0.508 e. The summed E-state index contributed by atoms with van der Waals surface area (Å²) in [6.07, 6.45) is -0.614. The van der Waals surface area contributed by atoms with Gasteiger partial charge in [0.25, 0.3) is 0 Å². The molecule has 10 nitrogen and oxygen atoms in total. The first kappa shape index (κ1) is 25.5. The minimum absolute atomic E-state index is 0.00818. The minimum Gasteiger partial charge on any atom is -0.508 e. The monoisotopic (exact) mass is 458 g/mol. The lowest BCUT2D eigenvalue weighted by atomic mass is 9.92. The zero-order valence-corrected chi connectivity index (χ0v) is 18.0. The van der Waals surface area contributed by atoms with Gasteiger partial charge < -0.3 is 31.5 Å². The highest BCUT2D eigenvalue weighted by Gasteiger charge is 2.22. The molecule has 0 saturated heterocycles. The molecule has 0 saturated carbocycles. The summed E-state index contributed by atoms with van der Waals surface area (Å²) in [5, 5.41) is 28.6. The number of aromatic hydroxyl groups is 2. The van der Waals surface area contributed by atoms with Gasteiger partial charge in [0.15, 0.2) is 11.6 Å². The molecule has 0 fully saturated rings. The predicted octanol–water partition coefficient (Wildman–Crippen LogP) is 0.941. The number of carbonyl (C=O) groups is 4. The average Bonchev–Trinajstić information content (AvgIpc) is 2.78. The van der Waals surface area contributed by atoms with E-state index in [0.29, 0.717) is 11.1 Å². The van der Waals surface area contributed by atoms with Crippen molar-refractivity contribution in [2.75, 3.05) is 7.11 Å². The van der Waals surface area contributed by atoms with Gasteiger partial charge in [-0.1, -0.05) is 12.1 Å². The summed E-state index contributed by atoms with van der Waals surface area (Å²) < 4.78 is 4.59. The van der Waals surface area contributed by atoms with Crippen LogP contribution in [0.15, 0.2) is 36.4 Å². The molecule has 0 radical (unpaired) electrons. The van der Waals surface area contributed by atoms with Crippen molar-refractivity contribution in [2.45, 2.75) is 37.8 Å². The summed E-state index contributed by atoms with van der Waals surface area (Å²) >= 11 is 0. The molecule has 0 aromatic heterocycles. The molecular weight excluding hydrogens is 432 g/mol. The fourth-order valence-electron chi connectivity index (χ4n) is 3.30. The Hall–Kier alpha value is -3.76. The van der Waals surface area contributed by atoms with E-state index in [9.17, 15) is 29.4 Å². The molecule has 33 heavy (non-hydrogen) atoms. The Bertz CT molecular complexity index is 1070. The van der Waals surface area contributed by atoms with Gasteiger partial charge in [0.2, 0.25) is 0 Å². The van der Waals surface area contributed by atoms with Crippen LogP contribution in [0.4, 0.5) is 0 Å². The third-order valence-electron chi connectivity index (χ3n) is 5.07. The molecule has 7 N–H and O–H groups in total. The molecule has 2 atom stereocenters. The van der Waals surface area contributed by atoms with Crippen molar-refractivity contribution >= 4 is 23.5 Å². The summed E-state index contributed by atoms with van der Waals surface area (Å²) in [4.78, 5) is 48.3. The fraction of sp³-hybridized carbons (Fsp3) is 0.304. The summed E-state index contributed by atoms with van der Waals surface area (Å²) in [6, 6.07) is 5.73. The van der Waals surface area contributed by atoms with Crippen LogP contribution in [0.3, 0.4) is 0 Å². The number of rotatable bonds is 11. The number of ether oxygens (including phenoxy) is 1. The van der Waals surface area contributed by atoms with Crippen molar-refractivity contribution in [3.8, 4) is 11.5 Å². The lowest BCUT2D eigenvalue weighted by molar-refractivity contribution is -0.142. The molecule has 10 heteroatoms. The second-order valence-electron chi connectivity index (χ2n) is 7.51. The highest BCUT2D eigenvalue weighted by atomic mass is 16.5. The standard InChI is InChI=1S/C23H26N2O8/c1-33-23(32)19(25)9-13-3-5-15(27)11-17(13)21(29)7-6-20(28)16-10-14(26)4-2-12(16)8-18(24)22(30)31/h2-5,10-11,18-19,26-27H,6-9,24-25H2,1H3,(H,30,31). The minimum atomic E-state index is -1.24. The number of carboxylic acid groups (broad SMARTS) is 1. The number of esters is 1. The van der Waals surface area contributed by atoms with Crippen LogP contribution in [0, 0.1) is 0 Å². The van der Waals surface area contributed by atoms with Gasteiger partial charge in [-0.25, -0.2) is 0 Å². The number of carbonyl (C=O) groups excluding carboxylic acids is 3. The van der Waals surface area contributed by atoms with Crippen LogP contribution < -0.4 is 11.5 Å². The number of hydrogen-bond donors (Lipinski definition) is 5. The molecule has 0 bridgehead atoms. The Morgan fingerprint density at radius 3 is 1.64 bits per heavy atom. The van der Waals surface area contributed by atoms with Crippen molar-refractivity contribution in [1.82, 2.24) is 0 Å². The predicted molar refractivity (Wildman–Crippen MR) is 117 cm³/mol. The van der Waals surface area contributed by atoms with E-state index >= 15 is 0 Å². The van der Waals surface area contributed by atoms with E-state index in [1.54, 1.807) is 0 Å². The number of Topliss-reactive ketones (excluding diaryl/α,β-unsaturated/α-hetero) is 2. The highest BCUT2D eigenvalue weighted by Crippen LogP contribution is 2.23. The van der Waals surface area contributed by atoms with Gasteiger partial charge in [-0.05, 0) is 48.2 Å². The smallest absolute Gasteiger partial charge is 0.322 e. The molecule has 0 aliphatic rings. The van der Waals surface area contributed by atoms with Gasteiger partial charge in [0, 0.05) is 24.0 Å². The molecular formula is C23H26N2O8. The molecule has 0 spiro atoms. The normalized spacial score (nSPS) is 12.6. The Morgan fingerprint density at radius 1 is 0.818 bits per heavy atom. The van der Waals surface area contributed by atoms with Crippen molar-refractivity contribution in [3.63, 3.8) is 0 Å². The Labute approximate surface area is 189 Å². The van der Waals surface area contributed by atoms with Gasteiger partial charge in [-0.3, -0.25) is 19.2 Å². The number of benzene rings is 2. The topological polar surface area (TPSA) is 190 Å². The van der Waals surface area contributed by atoms with Crippen LogP contribution in [-0.2, 0) is 27.2 Å². The summed E-state index contributed by atoms with van der Waals surface area (Å²) in [6.45, 7) is 0. The number of aliphatic carboxylic acids is 1. The first-order valence-corrected chi connectivity index (χ1v) is 10.1. The second-order valence-corrected chi connectivity index (χ2v) is 7.51. The first-order valence-electron chi connectivity index (χ1n) is 10.1. The zero-order valence-electron chi connectivity index (χ0n) is 18.0. The summed E-state index contributed by atoms with van der Waals surface area (Å²) in [5.41, 5.74) is 12.3. The van der Waals surface area contributed by atoms with E-state index in [1.165, 1.54) is 43.5 Å². The molecule has 2 aromatic rings. The van der Waals surface area contributed by atoms with Crippen molar-refractivity contribution in [3.05, 3.63) is 58.7 Å². The van der Waals surface area contributed by atoms with Crippen molar-refractivity contribution in [1.29, 1.82) is 0 Å². The number of hydrogen-bond acceptors (Lipinski definition) is 9. The summed E-state index contributed by atoms with van der Waals surface area (Å²) in [5.74, 6) is -3.21. The number of phenols is 2. The van der Waals surface area contributed by atoms with Crippen molar-refractivity contribution in [2.24, 2.45) is 11.5 Å². The second kappa shape index (κ2) is 11.2. The number of nitrogens with two attached hydrogens (primary N) is 2. The Morgan fingerprint density at radius 2 is 1.24 bits per heavy atom. The molecule has 2 rings (SSSR count). The van der Waals surface area contributed by atoms with E-state index in [-0.39, 0.29) is 48.3 Å². The third-order valence-corrected chi connectivity index (χ3v) is 5.07. The molecule has 0 aliphatic carbocycles. The van der Waals surface area contributed by atoms with Crippen LogP contribution in [0.1, 0.15) is 44.7 Å². The number of phenolic OH excluding ortho intramolecular Hbond substituents is 2. The molecule has 0 amide bonds. The van der Waals surface area contributed by atoms with Crippen LogP contribution in [0.25, 0.3) is 0 Å². The Kier molecular flexibility index (Phi) is 8.66. The molecule has 176 valence electrons. The number of carboxylic acids is 1. The molecule has 2 aromatic carbocycles. The number of methoxy groups -OCH3 is 1. The van der Waals surface area contributed by atoms with E-state index in [0.717, 1.165) is 0 Å². The van der Waals surface area contributed by atoms with Gasteiger partial charge >= 0.3 is 11.9 Å². The van der Waals surface area contributed by atoms with Gasteiger partial charge in [-0.2, -0.15) is 0 Å². The first-order chi connectivity index (χ1) is 15.5. The zero-order chi connectivity index (χ0) is 24.7. The maximum absolute atomic E-state index is 12.8.